The molecule has 8 nitrogen and oxygen atoms in total. The zero-order chi connectivity index (χ0) is 13.5. The van der Waals surface area contributed by atoms with Gasteiger partial charge in [0.15, 0.2) is 5.02 Å². The van der Waals surface area contributed by atoms with E-state index < -0.39 is 10.7 Å². The highest BCUT2D eigenvalue weighted by molar-refractivity contribution is 6.32. The normalized spacial score (nSPS) is 10.3. The maximum absolute atomic E-state index is 11.4. The average molecular weight is 276 g/mol. The number of nitro groups is 1. The molecular weight excluding hydrogens is 262 g/mol. The Morgan fingerprint density at radius 3 is 2.94 bits per heavy atom. The van der Waals surface area contributed by atoms with Crippen LogP contribution in [0, 0.1) is 10.1 Å². The smallest absolute Gasteiger partial charge is 0.358 e. The predicted molar refractivity (Wildman–Crippen MR) is 65.2 cm³/mol. The fourth-order valence-electron chi connectivity index (χ4n) is 1.26. The van der Waals surface area contributed by atoms with Gasteiger partial charge in [0.2, 0.25) is 5.91 Å². The molecule has 0 saturated heterocycles. The van der Waals surface area contributed by atoms with Crippen molar-refractivity contribution in [3.63, 3.8) is 0 Å². The number of carbonyl (C=O) groups is 1. The molecule has 0 atom stereocenters. The van der Waals surface area contributed by atoms with Crippen LogP contribution in [0.15, 0.2) is 6.20 Å². The van der Waals surface area contributed by atoms with Crippen molar-refractivity contribution in [2.24, 2.45) is 5.73 Å². The molecule has 0 spiro atoms. The molecule has 1 aromatic heterocycles. The number of hydrogen-bond donors (Lipinski definition) is 2. The van der Waals surface area contributed by atoms with Crippen LogP contribution < -0.4 is 11.1 Å². The number of rotatable bonds is 7. The van der Waals surface area contributed by atoms with E-state index in [4.69, 9.17) is 17.3 Å². The molecule has 1 amide bonds. The fraction of sp³-hybridized carbons (Fsp3) is 0.556. The molecule has 0 aromatic carbocycles. The summed E-state index contributed by atoms with van der Waals surface area (Å²) in [4.78, 5) is 21.2. The van der Waals surface area contributed by atoms with Gasteiger partial charge in [0.05, 0.1) is 17.8 Å². The summed E-state index contributed by atoms with van der Waals surface area (Å²) in [5.74, 6) is -0.557. The maximum atomic E-state index is 11.4. The third kappa shape index (κ3) is 4.30. The highest BCUT2D eigenvalue weighted by atomic mass is 35.5. The number of nitrogens with two attached hydrogens (primary N) is 1. The van der Waals surface area contributed by atoms with Crippen molar-refractivity contribution in [1.82, 2.24) is 15.1 Å². The number of amides is 1. The number of carbonyl (C=O) groups excluding carboxylic acids is 1. The number of aryl methyl sites for hydroxylation is 1. The van der Waals surface area contributed by atoms with E-state index >= 15 is 0 Å². The second kappa shape index (κ2) is 6.92. The van der Waals surface area contributed by atoms with Crippen LogP contribution in [0.1, 0.15) is 12.8 Å². The van der Waals surface area contributed by atoms with Gasteiger partial charge in [-0.3, -0.25) is 4.79 Å². The molecule has 0 aliphatic heterocycles. The molecule has 0 bridgehead atoms. The maximum Gasteiger partial charge on any atom is 0.408 e. The van der Waals surface area contributed by atoms with E-state index in [1.807, 2.05) is 0 Å². The Kier molecular flexibility index (Phi) is 5.53. The van der Waals surface area contributed by atoms with Crippen LogP contribution in [0.5, 0.6) is 0 Å². The Morgan fingerprint density at radius 1 is 1.67 bits per heavy atom. The highest BCUT2D eigenvalue weighted by Crippen LogP contribution is 2.21. The van der Waals surface area contributed by atoms with E-state index in [0.29, 0.717) is 19.5 Å². The zero-order valence-corrected chi connectivity index (χ0v) is 10.4. The quantitative estimate of drug-likeness (QED) is 0.422. The highest BCUT2D eigenvalue weighted by Gasteiger charge is 2.19. The van der Waals surface area contributed by atoms with Gasteiger partial charge in [-0.05, 0) is 17.9 Å². The molecule has 1 rings (SSSR count). The van der Waals surface area contributed by atoms with Gasteiger partial charge in [-0.15, -0.1) is 0 Å². The molecular formula is C9H14ClN5O3. The van der Waals surface area contributed by atoms with Crippen molar-refractivity contribution < 1.29 is 9.72 Å². The minimum absolute atomic E-state index is 0.0384. The van der Waals surface area contributed by atoms with Crippen molar-refractivity contribution in [3.05, 3.63) is 21.3 Å². The third-order valence-electron chi connectivity index (χ3n) is 2.14. The average Bonchev–Trinajstić information content (AvgIpc) is 2.68. The molecule has 1 aromatic rings. The minimum Gasteiger partial charge on any atom is -0.358 e. The van der Waals surface area contributed by atoms with Crippen LogP contribution in [0.25, 0.3) is 0 Å². The van der Waals surface area contributed by atoms with E-state index in [0.717, 1.165) is 0 Å². The van der Waals surface area contributed by atoms with Crippen LogP contribution in [0.4, 0.5) is 5.82 Å². The molecule has 100 valence electrons. The number of aromatic nitrogens is 2. The van der Waals surface area contributed by atoms with Gasteiger partial charge in [-0.25, -0.2) is 0 Å². The minimum atomic E-state index is -0.667. The second-order valence-electron chi connectivity index (χ2n) is 3.56. The van der Waals surface area contributed by atoms with Crippen molar-refractivity contribution in [1.29, 1.82) is 0 Å². The summed E-state index contributed by atoms with van der Waals surface area (Å²) in [5, 5.41) is 16.8. The van der Waals surface area contributed by atoms with Gasteiger partial charge >= 0.3 is 5.82 Å². The van der Waals surface area contributed by atoms with Gasteiger partial charge in [-0.1, -0.05) is 11.6 Å². The summed E-state index contributed by atoms with van der Waals surface area (Å²) < 4.78 is 1.28. The van der Waals surface area contributed by atoms with E-state index in [9.17, 15) is 14.9 Å². The largest absolute Gasteiger partial charge is 0.408 e. The van der Waals surface area contributed by atoms with Gasteiger partial charge < -0.3 is 21.2 Å². The number of hydrogen-bond acceptors (Lipinski definition) is 5. The summed E-state index contributed by atoms with van der Waals surface area (Å²) in [5.41, 5.74) is 5.28. The first kappa shape index (κ1) is 14.4. The van der Waals surface area contributed by atoms with Crippen LogP contribution in [-0.4, -0.2) is 33.7 Å². The van der Waals surface area contributed by atoms with Gasteiger partial charge in [-0.2, -0.15) is 4.68 Å². The lowest BCUT2D eigenvalue weighted by molar-refractivity contribution is -0.389. The Hall–Kier alpha value is -1.67. The lowest BCUT2D eigenvalue weighted by atomic mass is 10.3. The summed E-state index contributed by atoms with van der Waals surface area (Å²) in [6.45, 7) is 1.28. The molecule has 0 unspecified atom stereocenters. The van der Waals surface area contributed by atoms with Gasteiger partial charge in [0.25, 0.3) is 0 Å². The van der Waals surface area contributed by atoms with Gasteiger partial charge in [0.1, 0.15) is 0 Å². The van der Waals surface area contributed by atoms with Crippen LogP contribution in [0.3, 0.4) is 0 Å². The lowest BCUT2D eigenvalue weighted by Gasteiger charge is -2.02. The summed E-state index contributed by atoms with van der Waals surface area (Å²) >= 11 is 5.62. The van der Waals surface area contributed by atoms with Crippen molar-refractivity contribution in [2.75, 3.05) is 13.1 Å². The topological polar surface area (TPSA) is 116 Å². The number of nitrogens with one attached hydrogen (secondary N) is 1. The van der Waals surface area contributed by atoms with E-state index in [2.05, 4.69) is 10.4 Å². The standard InChI is InChI=1S/C9H14ClN5O3/c10-7-6-14(13-9(7)15(17)18)5-2-8(16)12-4-1-3-11/h6H,1-5,11H2,(H,12,16). The molecule has 9 heteroatoms. The molecule has 0 radical (unpaired) electrons. The Labute approximate surface area is 108 Å². The predicted octanol–water partition coefficient (Wildman–Crippen LogP) is 0.300. The Morgan fingerprint density at radius 2 is 2.39 bits per heavy atom. The van der Waals surface area contributed by atoms with Crippen molar-refractivity contribution in [3.8, 4) is 0 Å². The summed E-state index contributed by atoms with van der Waals surface area (Å²) in [7, 11) is 0. The molecule has 18 heavy (non-hydrogen) atoms. The molecule has 0 aliphatic rings. The van der Waals surface area contributed by atoms with E-state index in [1.165, 1.54) is 10.9 Å². The molecule has 0 saturated carbocycles. The first-order valence-corrected chi connectivity index (χ1v) is 5.76. The zero-order valence-electron chi connectivity index (χ0n) is 9.63. The number of halogens is 1. The Balaban J connectivity index is 2.41. The molecule has 1 heterocycles. The number of nitrogens with zero attached hydrogens (tertiary/aromatic N) is 3. The van der Waals surface area contributed by atoms with Crippen LogP contribution in [-0.2, 0) is 11.3 Å². The summed E-state index contributed by atoms with van der Waals surface area (Å²) in [6, 6.07) is 0. The second-order valence-corrected chi connectivity index (χ2v) is 3.97. The van der Waals surface area contributed by atoms with E-state index in [-0.39, 0.29) is 23.9 Å². The molecule has 0 fully saturated rings. The first-order valence-electron chi connectivity index (χ1n) is 5.38. The van der Waals surface area contributed by atoms with Crippen LogP contribution in [0.2, 0.25) is 5.02 Å². The van der Waals surface area contributed by atoms with Crippen molar-refractivity contribution >= 4 is 23.3 Å². The van der Waals surface area contributed by atoms with Crippen LogP contribution >= 0.6 is 11.6 Å². The first-order chi connectivity index (χ1) is 8.54. The van der Waals surface area contributed by atoms with Gasteiger partial charge in [0, 0.05) is 13.0 Å². The Bertz CT molecular complexity index is 434. The summed E-state index contributed by atoms with van der Waals surface area (Å²) in [6.07, 6.45) is 2.22. The fourth-order valence-corrected chi connectivity index (χ4v) is 1.48. The monoisotopic (exact) mass is 275 g/mol. The molecule has 0 aliphatic carbocycles. The SMILES string of the molecule is NCCCNC(=O)CCn1cc(Cl)c([N+](=O)[O-])n1. The molecule has 3 N–H and O–H groups in total. The van der Waals surface area contributed by atoms with Crippen molar-refractivity contribution in [2.45, 2.75) is 19.4 Å². The van der Waals surface area contributed by atoms with E-state index in [1.54, 1.807) is 0 Å². The lowest BCUT2D eigenvalue weighted by Crippen LogP contribution is -2.26. The third-order valence-corrected chi connectivity index (χ3v) is 2.41.